The van der Waals surface area contributed by atoms with Crippen molar-refractivity contribution in [3.05, 3.63) is 156 Å². The summed E-state index contributed by atoms with van der Waals surface area (Å²) in [5.41, 5.74) is 13.1. The summed E-state index contributed by atoms with van der Waals surface area (Å²) in [6, 6.07) is 42.6. The van der Waals surface area contributed by atoms with Gasteiger partial charge >= 0.3 is 0 Å². The van der Waals surface area contributed by atoms with Crippen molar-refractivity contribution in [2.75, 3.05) is 0 Å². The zero-order valence-corrected chi connectivity index (χ0v) is 22.9. The van der Waals surface area contributed by atoms with Gasteiger partial charge < -0.3 is 4.57 Å². The lowest BCUT2D eigenvalue weighted by atomic mass is 9.75. The summed E-state index contributed by atoms with van der Waals surface area (Å²) in [4.78, 5) is 0. The van der Waals surface area contributed by atoms with E-state index in [-0.39, 0.29) is 5.41 Å². The number of benzene rings is 5. The molecule has 192 valence electrons. The van der Waals surface area contributed by atoms with Gasteiger partial charge in [0, 0.05) is 22.1 Å². The Kier molecular flexibility index (Phi) is 5.06. The Labute approximate surface area is 235 Å². The fourth-order valence-electron chi connectivity index (χ4n) is 6.98. The molecular formula is C39H31N. The lowest BCUT2D eigenvalue weighted by Gasteiger charge is -2.34. The van der Waals surface area contributed by atoms with E-state index in [9.17, 15) is 0 Å². The first-order chi connectivity index (χ1) is 19.6. The van der Waals surface area contributed by atoms with Gasteiger partial charge in [0.15, 0.2) is 0 Å². The van der Waals surface area contributed by atoms with Crippen LogP contribution in [-0.2, 0) is 5.41 Å². The molecule has 0 fully saturated rings. The maximum Gasteiger partial charge on any atom is 0.0582 e. The molecule has 0 spiro atoms. The third kappa shape index (κ3) is 3.41. The van der Waals surface area contributed by atoms with Gasteiger partial charge in [-0.3, -0.25) is 0 Å². The van der Waals surface area contributed by atoms with Crippen molar-refractivity contribution < 1.29 is 0 Å². The molecular weight excluding hydrogens is 482 g/mol. The fourth-order valence-corrected chi connectivity index (χ4v) is 6.98. The van der Waals surface area contributed by atoms with Crippen molar-refractivity contribution in [3.63, 3.8) is 0 Å². The summed E-state index contributed by atoms with van der Waals surface area (Å²) in [5.74, 6) is 0.465. The standard InChI is InChI=1S/C39H31N/c1-39(2)34-12-6-7-14-37(34)40-36-24-23-31(25-33(36)32-11-8-13-35(39)38(32)40)30-21-19-29(20-22-30)28-17-15-27(16-18-28)26-9-4-3-5-10-26/h3-15,17-25,27H,16H2,1-2H3. The molecule has 0 saturated carbocycles. The average molecular weight is 514 g/mol. The van der Waals surface area contributed by atoms with Crippen molar-refractivity contribution in [3.8, 4) is 16.8 Å². The first-order valence-electron chi connectivity index (χ1n) is 14.3. The van der Waals surface area contributed by atoms with Crippen LogP contribution in [-0.4, -0.2) is 4.57 Å². The monoisotopic (exact) mass is 513 g/mol. The van der Waals surface area contributed by atoms with Crippen molar-refractivity contribution in [2.24, 2.45) is 0 Å². The van der Waals surface area contributed by atoms with Crippen LogP contribution in [0.4, 0.5) is 0 Å². The smallest absolute Gasteiger partial charge is 0.0582 e. The van der Waals surface area contributed by atoms with E-state index in [0.29, 0.717) is 5.92 Å². The quantitative estimate of drug-likeness (QED) is 0.222. The normalized spacial score (nSPS) is 17.1. The highest BCUT2D eigenvalue weighted by Gasteiger charge is 2.34. The molecule has 0 radical (unpaired) electrons. The molecule has 2 heterocycles. The third-order valence-electron chi connectivity index (χ3n) is 9.16. The van der Waals surface area contributed by atoms with Crippen LogP contribution in [0.25, 0.3) is 44.2 Å². The summed E-state index contributed by atoms with van der Waals surface area (Å²) < 4.78 is 2.48. The van der Waals surface area contributed by atoms with Crippen LogP contribution in [0.2, 0.25) is 0 Å². The maximum atomic E-state index is 2.48. The molecule has 0 saturated heterocycles. The highest BCUT2D eigenvalue weighted by Crippen LogP contribution is 2.47. The largest absolute Gasteiger partial charge is 0.309 e. The van der Waals surface area contributed by atoms with Crippen LogP contribution in [0.1, 0.15) is 48.4 Å². The molecule has 0 bridgehead atoms. The first-order valence-corrected chi connectivity index (χ1v) is 14.3. The summed E-state index contributed by atoms with van der Waals surface area (Å²) in [6.45, 7) is 4.71. The number of nitrogens with zero attached hydrogens (tertiary/aromatic N) is 1. The Balaban J connectivity index is 1.17. The van der Waals surface area contributed by atoms with Gasteiger partial charge in [-0.05, 0) is 63.6 Å². The van der Waals surface area contributed by atoms with Crippen molar-refractivity contribution >= 4 is 27.4 Å². The van der Waals surface area contributed by atoms with E-state index in [2.05, 4.69) is 152 Å². The molecule has 6 aromatic rings. The molecule has 1 aliphatic heterocycles. The van der Waals surface area contributed by atoms with Crippen LogP contribution in [0.3, 0.4) is 0 Å². The molecule has 0 N–H and O–H groups in total. The molecule has 1 unspecified atom stereocenters. The molecule has 8 rings (SSSR count). The number of hydrogen-bond donors (Lipinski definition) is 0. The Morgan fingerprint density at radius 3 is 2.17 bits per heavy atom. The minimum atomic E-state index is -0.0392. The van der Waals surface area contributed by atoms with Crippen LogP contribution in [0.5, 0.6) is 0 Å². The fraction of sp³-hybridized carbons (Fsp3) is 0.128. The maximum absolute atomic E-state index is 2.48. The predicted octanol–water partition coefficient (Wildman–Crippen LogP) is 10.2. The number of hydrogen-bond acceptors (Lipinski definition) is 0. The van der Waals surface area contributed by atoms with Gasteiger partial charge in [0.05, 0.1) is 16.7 Å². The second-order valence-corrected chi connectivity index (χ2v) is 11.8. The molecule has 1 atom stereocenters. The molecule has 1 heteroatoms. The van der Waals surface area contributed by atoms with E-state index in [1.165, 1.54) is 66.4 Å². The lowest BCUT2D eigenvalue weighted by Crippen LogP contribution is -2.26. The van der Waals surface area contributed by atoms with Crippen LogP contribution >= 0.6 is 0 Å². The highest BCUT2D eigenvalue weighted by atomic mass is 15.0. The van der Waals surface area contributed by atoms with E-state index >= 15 is 0 Å². The lowest BCUT2D eigenvalue weighted by molar-refractivity contribution is 0.630. The Bertz CT molecular complexity index is 1980. The van der Waals surface area contributed by atoms with Crippen LogP contribution in [0.15, 0.2) is 133 Å². The van der Waals surface area contributed by atoms with E-state index < -0.39 is 0 Å². The summed E-state index contributed by atoms with van der Waals surface area (Å²) in [6.07, 6.45) is 8.06. The number of allylic oxidation sites excluding steroid dienone is 4. The first kappa shape index (κ1) is 23.3. The van der Waals surface area contributed by atoms with Crippen molar-refractivity contribution in [2.45, 2.75) is 31.6 Å². The SMILES string of the molecule is CC1(C)c2ccccc2-n2c3ccc(-c4ccc(C5=CCC(c6ccccc6)C=C5)cc4)cc3c3cccc1c32. The average Bonchev–Trinajstić information content (AvgIpc) is 3.35. The molecule has 1 aliphatic carbocycles. The Morgan fingerprint density at radius 2 is 1.38 bits per heavy atom. The summed E-state index contributed by atoms with van der Waals surface area (Å²) in [5, 5.41) is 2.65. The highest BCUT2D eigenvalue weighted by molar-refractivity contribution is 6.12. The second kappa shape index (κ2) is 8.69. The Hall–Kier alpha value is -4.62. The molecule has 0 amide bonds. The predicted molar refractivity (Wildman–Crippen MR) is 169 cm³/mol. The van der Waals surface area contributed by atoms with Crippen LogP contribution in [0, 0.1) is 0 Å². The topological polar surface area (TPSA) is 4.93 Å². The summed E-state index contributed by atoms with van der Waals surface area (Å²) in [7, 11) is 0. The molecule has 5 aromatic carbocycles. The second-order valence-electron chi connectivity index (χ2n) is 11.8. The minimum Gasteiger partial charge on any atom is -0.309 e. The zero-order chi connectivity index (χ0) is 26.8. The van der Waals surface area contributed by atoms with Gasteiger partial charge in [-0.2, -0.15) is 0 Å². The van der Waals surface area contributed by atoms with E-state index in [1.807, 2.05) is 0 Å². The van der Waals surface area contributed by atoms with Gasteiger partial charge in [-0.25, -0.2) is 0 Å². The number of para-hydroxylation sites is 2. The molecule has 2 aliphatic rings. The van der Waals surface area contributed by atoms with Gasteiger partial charge in [0.1, 0.15) is 0 Å². The van der Waals surface area contributed by atoms with Gasteiger partial charge in [0.2, 0.25) is 0 Å². The molecule has 40 heavy (non-hydrogen) atoms. The zero-order valence-electron chi connectivity index (χ0n) is 22.9. The Morgan fingerprint density at radius 1 is 0.650 bits per heavy atom. The van der Waals surface area contributed by atoms with E-state index in [0.717, 1.165) is 6.42 Å². The van der Waals surface area contributed by atoms with Crippen molar-refractivity contribution in [1.82, 2.24) is 4.57 Å². The number of fused-ring (bicyclic) bond motifs is 5. The number of aromatic nitrogens is 1. The summed E-state index contributed by atoms with van der Waals surface area (Å²) >= 11 is 0. The number of rotatable bonds is 3. The van der Waals surface area contributed by atoms with E-state index in [4.69, 9.17) is 0 Å². The molecule has 1 nitrogen and oxygen atoms in total. The van der Waals surface area contributed by atoms with Crippen molar-refractivity contribution in [1.29, 1.82) is 0 Å². The minimum absolute atomic E-state index is 0.0392. The van der Waals surface area contributed by atoms with Gasteiger partial charge in [-0.15, -0.1) is 0 Å². The molecule has 1 aromatic heterocycles. The van der Waals surface area contributed by atoms with Gasteiger partial charge in [0.25, 0.3) is 0 Å². The van der Waals surface area contributed by atoms with Crippen LogP contribution < -0.4 is 0 Å². The third-order valence-corrected chi connectivity index (χ3v) is 9.16. The van der Waals surface area contributed by atoms with E-state index in [1.54, 1.807) is 0 Å². The van der Waals surface area contributed by atoms with Gasteiger partial charge in [-0.1, -0.05) is 129 Å².